The molecule has 0 fully saturated rings. The number of hydrogen-bond acceptors (Lipinski definition) is 7. The number of amides is 3. The lowest BCUT2D eigenvalue weighted by atomic mass is 9.96. The molecule has 3 amide bonds. The van der Waals surface area contributed by atoms with Gasteiger partial charge in [-0.15, -0.1) is 0 Å². The van der Waals surface area contributed by atoms with Crippen molar-refractivity contribution in [1.29, 1.82) is 0 Å². The van der Waals surface area contributed by atoms with E-state index >= 15 is 0 Å². The van der Waals surface area contributed by atoms with Crippen LogP contribution in [0.5, 0.6) is 0 Å². The molecule has 0 aliphatic carbocycles. The van der Waals surface area contributed by atoms with Crippen molar-refractivity contribution >= 4 is 35.6 Å². The minimum absolute atomic E-state index is 0.0721. The smallest absolute Gasteiger partial charge is 0.326 e. The zero-order valence-electron chi connectivity index (χ0n) is 20.6. The van der Waals surface area contributed by atoms with Crippen LogP contribution >= 0.6 is 0 Å². The number of aliphatic imine (C=N–C) groups is 1. The summed E-state index contributed by atoms with van der Waals surface area (Å²) in [5.41, 5.74) is 16.4. The highest BCUT2D eigenvalue weighted by Crippen LogP contribution is 2.11. The van der Waals surface area contributed by atoms with Crippen molar-refractivity contribution in [2.75, 3.05) is 6.54 Å². The number of carbonyl (C=O) groups is 5. The van der Waals surface area contributed by atoms with Crippen LogP contribution in [0.3, 0.4) is 0 Å². The summed E-state index contributed by atoms with van der Waals surface area (Å²) in [6.45, 7) is 7.13. The molecule has 11 N–H and O–H groups in total. The van der Waals surface area contributed by atoms with Gasteiger partial charge in [0.2, 0.25) is 17.7 Å². The molecule has 0 saturated heterocycles. The lowest BCUT2D eigenvalue weighted by Gasteiger charge is -2.29. The SMILES string of the molecule is CCC(C)C(NC(=O)C(NC(=O)C(N)CCCN=C(N)N)C(C)C)C(=O)NC(CC(=O)O)C(=O)O. The second-order valence-electron chi connectivity index (χ2n) is 8.65. The first-order valence-electron chi connectivity index (χ1n) is 11.4. The summed E-state index contributed by atoms with van der Waals surface area (Å²) in [5, 5.41) is 25.4. The predicted octanol–water partition coefficient (Wildman–Crippen LogP) is -1.92. The highest BCUT2D eigenvalue weighted by Gasteiger charge is 2.34. The molecule has 0 bridgehead atoms. The van der Waals surface area contributed by atoms with Crippen LogP contribution in [0.2, 0.25) is 0 Å². The van der Waals surface area contributed by atoms with E-state index < -0.39 is 66.2 Å². The monoisotopic (exact) mass is 501 g/mol. The summed E-state index contributed by atoms with van der Waals surface area (Å²) < 4.78 is 0. The molecule has 0 radical (unpaired) electrons. The number of nitrogens with zero attached hydrogens (tertiary/aromatic N) is 1. The van der Waals surface area contributed by atoms with Gasteiger partial charge >= 0.3 is 11.9 Å². The molecule has 0 aromatic rings. The van der Waals surface area contributed by atoms with Crippen LogP contribution < -0.4 is 33.2 Å². The Kier molecular flexibility index (Phi) is 14.0. The van der Waals surface area contributed by atoms with E-state index in [9.17, 15) is 29.1 Å². The quantitative estimate of drug-likeness (QED) is 0.0661. The van der Waals surface area contributed by atoms with Crippen molar-refractivity contribution in [3.05, 3.63) is 0 Å². The summed E-state index contributed by atoms with van der Waals surface area (Å²) in [6, 6.07) is -4.77. The number of nitrogens with two attached hydrogens (primary N) is 3. The average Bonchev–Trinajstić information content (AvgIpc) is 2.76. The average molecular weight is 502 g/mol. The molecule has 5 unspecified atom stereocenters. The van der Waals surface area contributed by atoms with Crippen LogP contribution in [0.4, 0.5) is 0 Å². The number of rotatable bonds is 16. The zero-order valence-corrected chi connectivity index (χ0v) is 20.6. The number of aliphatic carboxylic acids is 2. The molecule has 0 aliphatic rings. The topological polar surface area (TPSA) is 252 Å². The third kappa shape index (κ3) is 12.0. The Labute approximate surface area is 204 Å². The van der Waals surface area contributed by atoms with Gasteiger partial charge in [-0.1, -0.05) is 34.1 Å². The molecule has 14 heteroatoms. The molecule has 0 aromatic heterocycles. The highest BCUT2D eigenvalue weighted by molar-refractivity contribution is 5.94. The maximum absolute atomic E-state index is 13.0. The van der Waals surface area contributed by atoms with Gasteiger partial charge in [0.25, 0.3) is 0 Å². The Hall–Kier alpha value is -3.42. The van der Waals surface area contributed by atoms with Crippen LogP contribution in [-0.2, 0) is 24.0 Å². The maximum atomic E-state index is 13.0. The fraction of sp³-hybridized carbons (Fsp3) is 0.714. The van der Waals surface area contributed by atoms with Crippen molar-refractivity contribution in [2.45, 2.75) is 77.5 Å². The standard InChI is InChI=1S/C21H39N7O7/c1-5-11(4)16(19(33)26-13(20(34)35)9-14(29)30)28-18(32)15(10(2)3)27-17(31)12(22)7-6-8-25-21(23)24/h10-13,15-16H,5-9,22H2,1-4H3,(H,26,33)(H,27,31)(H,28,32)(H,29,30)(H,34,35)(H4,23,24,25). The molecule has 35 heavy (non-hydrogen) atoms. The van der Waals surface area contributed by atoms with Crippen molar-refractivity contribution in [2.24, 2.45) is 34.0 Å². The fourth-order valence-corrected chi connectivity index (χ4v) is 3.03. The Morgan fingerprint density at radius 3 is 1.89 bits per heavy atom. The molecule has 0 spiro atoms. The van der Waals surface area contributed by atoms with Crippen molar-refractivity contribution < 1.29 is 34.2 Å². The number of guanidine groups is 1. The van der Waals surface area contributed by atoms with Crippen molar-refractivity contribution in [1.82, 2.24) is 16.0 Å². The molecular weight excluding hydrogens is 462 g/mol. The fourth-order valence-electron chi connectivity index (χ4n) is 3.03. The van der Waals surface area contributed by atoms with Crippen LogP contribution in [0, 0.1) is 11.8 Å². The van der Waals surface area contributed by atoms with Gasteiger partial charge in [0.1, 0.15) is 18.1 Å². The van der Waals surface area contributed by atoms with Gasteiger partial charge in [-0.25, -0.2) is 4.79 Å². The second kappa shape index (κ2) is 15.5. The maximum Gasteiger partial charge on any atom is 0.326 e. The van der Waals surface area contributed by atoms with Gasteiger partial charge in [-0.2, -0.15) is 0 Å². The summed E-state index contributed by atoms with van der Waals surface area (Å²) in [5.74, 6) is -5.85. The predicted molar refractivity (Wildman–Crippen MR) is 128 cm³/mol. The molecule has 0 heterocycles. The van der Waals surface area contributed by atoms with Crippen LogP contribution in [0.15, 0.2) is 4.99 Å². The van der Waals surface area contributed by atoms with E-state index in [1.165, 1.54) is 0 Å². The number of carboxylic acid groups (broad SMARTS) is 2. The first-order chi connectivity index (χ1) is 16.2. The molecule has 200 valence electrons. The van der Waals surface area contributed by atoms with Gasteiger partial charge in [0, 0.05) is 6.54 Å². The van der Waals surface area contributed by atoms with Crippen molar-refractivity contribution in [3.8, 4) is 0 Å². The van der Waals surface area contributed by atoms with Gasteiger partial charge in [-0.3, -0.25) is 24.2 Å². The molecular formula is C21H39N7O7. The lowest BCUT2D eigenvalue weighted by molar-refractivity contribution is -0.147. The minimum atomic E-state index is -1.67. The molecule has 0 rings (SSSR count). The van der Waals surface area contributed by atoms with Crippen molar-refractivity contribution in [3.63, 3.8) is 0 Å². The first-order valence-corrected chi connectivity index (χ1v) is 11.4. The van der Waals surface area contributed by atoms with E-state index in [-0.39, 0.29) is 18.3 Å². The van der Waals surface area contributed by atoms with E-state index in [0.717, 1.165) is 0 Å². The van der Waals surface area contributed by atoms with Gasteiger partial charge in [0.15, 0.2) is 5.96 Å². The Bertz CT molecular complexity index is 784. The van der Waals surface area contributed by atoms with E-state index in [1.54, 1.807) is 27.7 Å². The summed E-state index contributed by atoms with van der Waals surface area (Å²) in [4.78, 5) is 64.3. The third-order valence-electron chi connectivity index (χ3n) is 5.34. The Balaban J connectivity index is 5.38. The highest BCUT2D eigenvalue weighted by atomic mass is 16.4. The van der Waals surface area contributed by atoms with Gasteiger partial charge < -0.3 is 43.4 Å². The second-order valence-corrected chi connectivity index (χ2v) is 8.65. The summed E-state index contributed by atoms with van der Waals surface area (Å²) >= 11 is 0. The minimum Gasteiger partial charge on any atom is -0.481 e. The van der Waals surface area contributed by atoms with Crippen LogP contribution in [0.25, 0.3) is 0 Å². The molecule has 5 atom stereocenters. The normalized spacial score (nSPS) is 15.1. The van der Waals surface area contributed by atoms with E-state index in [0.29, 0.717) is 19.4 Å². The first kappa shape index (κ1) is 31.6. The lowest BCUT2D eigenvalue weighted by Crippen LogP contribution is -2.59. The van der Waals surface area contributed by atoms with Crippen LogP contribution in [0.1, 0.15) is 53.4 Å². The molecule has 0 saturated carbocycles. The Morgan fingerprint density at radius 2 is 1.43 bits per heavy atom. The van der Waals surface area contributed by atoms with Crippen LogP contribution in [-0.4, -0.2) is 76.5 Å². The number of carboxylic acids is 2. The largest absolute Gasteiger partial charge is 0.481 e. The number of hydrogen-bond donors (Lipinski definition) is 8. The Morgan fingerprint density at radius 1 is 0.886 bits per heavy atom. The number of nitrogens with one attached hydrogen (secondary N) is 3. The molecule has 14 nitrogen and oxygen atoms in total. The van der Waals surface area contributed by atoms with E-state index in [1.807, 2.05) is 0 Å². The third-order valence-corrected chi connectivity index (χ3v) is 5.34. The zero-order chi connectivity index (χ0) is 27.3. The van der Waals surface area contributed by atoms with E-state index in [4.69, 9.17) is 22.3 Å². The summed E-state index contributed by atoms with van der Waals surface area (Å²) in [6.07, 6.45) is 0.345. The van der Waals surface area contributed by atoms with E-state index in [2.05, 4.69) is 20.9 Å². The van der Waals surface area contributed by atoms with Gasteiger partial charge in [-0.05, 0) is 24.7 Å². The molecule has 0 aromatic carbocycles. The molecule has 0 aliphatic heterocycles. The van der Waals surface area contributed by atoms with Gasteiger partial charge in [0.05, 0.1) is 12.5 Å². The number of carbonyl (C=O) groups excluding carboxylic acids is 3. The summed E-state index contributed by atoms with van der Waals surface area (Å²) in [7, 11) is 0.